The lowest BCUT2D eigenvalue weighted by atomic mass is 9.89. The fourth-order valence-electron chi connectivity index (χ4n) is 6.02. The van der Waals surface area contributed by atoms with Crippen LogP contribution in [0.15, 0.2) is 42.5 Å². The number of fused-ring (bicyclic) bond motifs is 4. The van der Waals surface area contributed by atoms with Crippen LogP contribution in [0.2, 0.25) is 0 Å². The van der Waals surface area contributed by atoms with Crippen LogP contribution >= 0.6 is 0 Å². The molecule has 0 aliphatic carbocycles. The zero-order valence-corrected chi connectivity index (χ0v) is 27.0. The number of rotatable bonds is 3. The van der Waals surface area contributed by atoms with Gasteiger partial charge in [-0.2, -0.15) is 26.3 Å². The van der Waals surface area contributed by atoms with E-state index in [-0.39, 0.29) is 55.3 Å². The Hall–Kier alpha value is -4.13. The van der Waals surface area contributed by atoms with Crippen molar-refractivity contribution in [3.63, 3.8) is 0 Å². The average Bonchev–Trinajstić information content (AvgIpc) is 3.38. The third-order valence-corrected chi connectivity index (χ3v) is 8.32. The van der Waals surface area contributed by atoms with Crippen molar-refractivity contribution in [2.45, 2.75) is 37.8 Å². The van der Waals surface area contributed by atoms with Crippen LogP contribution in [0.3, 0.4) is 0 Å². The SMILES string of the molecule is CN1CCC2Nc3cccc4c3cc(n4CC(F)(F)F)C#CCNc3ccc(C(=O)NCC(F)(F)F)c(c3)OCCOCCOCCC2C1. The first-order valence-corrected chi connectivity index (χ1v) is 16.0. The number of likely N-dealkylation sites (tertiary alicyclic amines) is 1. The van der Waals surface area contributed by atoms with Gasteiger partial charge in [-0.25, -0.2) is 0 Å². The van der Waals surface area contributed by atoms with E-state index in [9.17, 15) is 31.1 Å². The van der Waals surface area contributed by atoms with Gasteiger partial charge >= 0.3 is 12.4 Å². The molecule has 2 atom stereocenters. The molecule has 0 radical (unpaired) electrons. The lowest BCUT2D eigenvalue weighted by molar-refractivity contribution is -0.140. The van der Waals surface area contributed by atoms with Crippen LogP contribution in [0, 0.1) is 17.8 Å². The molecule has 5 rings (SSSR count). The van der Waals surface area contributed by atoms with Crippen molar-refractivity contribution in [1.82, 2.24) is 14.8 Å². The van der Waals surface area contributed by atoms with Gasteiger partial charge in [-0.3, -0.25) is 4.79 Å². The normalized spacial score (nSPS) is 20.2. The molecule has 3 heterocycles. The number of ether oxygens (including phenoxy) is 3. The summed E-state index contributed by atoms with van der Waals surface area (Å²) < 4.78 is 97.8. The number of nitrogens with zero attached hydrogens (tertiary/aromatic N) is 2. The van der Waals surface area contributed by atoms with E-state index in [1.807, 2.05) is 11.4 Å². The standard InChI is InChI=1S/C34H39F6N5O4/c1-44-12-9-28-23(20-44)10-13-47-14-15-48-16-17-49-31-18-24(7-8-26(31)32(46)42-21-33(35,36)37)41-11-3-4-25-19-27-29(43-28)5-2-6-30(27)45(25)22-34(38,39)40/h2,5-8,18-19,23,28,41,43H,9-17,20-22H2,1H3,(H,42,46). The largest absolute Gasteiger partial charge is 0.490 e. The molecule has 49 heavy (non-hydrogen) atoms. The molecule has 3 N–H and O–H groups in total. The van der Waals surface area contributed by atoms with Gasteiger partial charge in [0.05, 0.1) is 43.1 Å². The van der Waals surface area contributed by atoms with Gasteiger partial charge in [0.1, 0.15) is 25.4 Å². The summed E-state index contributed by atoms with van der Waals surface area (Å²) in [4.78, 5) is 14.8. The number of nitrogens with one attached hydrogen (secondary N) is 3. The highest BCUT2D eigenvalue weighted by Gasteiger charge is 2.32. The van der Waals surface area contributed by atoms with Crippen molar-refractivity contribution in [1.29, 1.82) is 0 Å². The number of benzene rings is 2. The molecule has 1 saturated heterocycles. The zero-order valence-electron chi connectivity index (χ0n) is 27.0. The summed E-state index contributed by atoms with van der Waals surface area (Å²) in [7, 11) is 2.06. The van der Waals surface area contributed by atoms with Gasteiger partial charge in [0.25, 0.3) is 5.91 Å². The van der Waals surface area contributed by atoms with Gasteiger partial charge < -0.3 is 39.6 Å². The van der Waals surface area contributed by atoms with Crippen LogP contribution in [-0.4, -0.2) is 100 Å². The van der Waals surface area contributed by atoms with E-state index in [4.69, 9.17) is 14.2 Å². The molecule has 1 amide bonds. The lowest BCUT2D eigenvalue weighted by Gasteiger charge is -2.38. The maximum Gasteiger partial charge on any atom is 0.406 e. The van der Waals surface area contributed by atoms with E-state index in [2.05, 4.69) is 34.4 Å². The van der Waals surface area contributed by atoms with Gasteiger partial charge in [0.2, 0.25) is 0 Å². The minimum Gasteiger partial charge on any atom is -0.490 e. The van der Waals surface area contributed by atoms with Crippen LogP contribution in [0.5, 0.6) is 5.75 Å². The molecule has 2 unspecified atom stereocenters. The fraction of sp³-hybridized carbons (Fsp3) is 0.500. The summed E-state index contributed by atoms with van der Waals surface area (Å²) in [6, 6.07) is 11.2. The van der Waals surface area contributed by atoms with Gasteiger partial charge in [-0.1, -0.05) is 12.0 Å². The first-order valence-electron chi connectivity index (χ1n) is 16.0. The first kappa shape index (κ1) is 36.2. The van der Waals surface area contributed by atoms with Crippen LogP contribution in [0.1, 0.15) is 28.9 Å². The number of carbonyl (C=O) groups is 1. The molecule has 2 aliphatic heterocycles. The summed E-state index contributed by atoms with van der Waals surface area (Å²) in [5.41, 5.74) is 1.65. The number of piperidine rings is 1. The number of hydrogen-bond donors (Lipinski definition) is 3. The van der Waals surface area contributed by atoms with Crippen molar-refractivity contribution in [3.8, 4) is 17.6 Å². The zero-order chi connectivity index (χ0) is 35.0. The number of aromatic nitrogens is 1. The molecule has 2 aromatic carbocycles. The molecule has 1 aromatic heterocycles. The number of alkyl halides is 6. The number of halogens is 6. The molecule has 9 nitrogen and oxygen atoms in total. The lowest BCUT2D eigenvalue weighted by Crippen LogP contribution is -2.45. The summed E-state index contributed by atoms with van der Waals surface area (Å²) in [6.07, 6.45) is -7.46. The highest BCUT2D eigenvalue weighted by Crippen LogP contribution is 2.33. The van der Waals surface area contributed by atoms with E-state index in [0.29, 0.717) is 29.8 Å². The van der Waals surface area contributed by atoms with E-state index in [0.717, 1.165) is 36.2 Å². The highest BCUT2D eigenvalue weighted by molar-refractivity contribution is 5.97. The average molecular weight is 696 g/mol. The summed E-state index contributed by atoms with van der Waals surface area (Å²) in [6.45, 7) is 0.252. The molecule has 1 fully saturated rings. The van der Waals surface area contributed by atoms with Crippen molar-refractivity contribution in [2.75, 3.05) is 76.9 Å². The number of hydrogen-bond acceptors (Lipinski definition) is 7. The van der Waals surface area contributed by atoms with Gasteiger partial charge in [0, 0.05) is 42.0 Å². The molecular weight excluding hydrogens is 656 g/mol. The minimum atomic E-state index is -4.59. The molecule has 3 aromatic rings. The van der Waals surface area contributed by atoms with Crippen molar-refractivity contribution >= 4 is 28.2 Å². The summed E-state index contributed by atoms with van der Waals surface area (Å²) in [5.74, 6) is 5.03. The number of anilines is 2. The quantitative estimate of drug-likeness (QED) is 0.246. The Balaban J connectivity index is 1.44. The predicted octanol–water partition coefficient (Wildman–Crippen LogP) is 5.51. The van der Waals surface area contributed by atoms with Crippen molar-refractivity contribution in [3.05, 3.63) is 53.7 Å². The van der Waals surface area contributed by atoms with Gasteiger partial charge in [-0.15, -0.1) is 0 Å². The Morgan fingerprint density at radius 3 is 2.53 bits per heavy atom. The highest BCUT2D eigenvalue weighted by atomic mass is 19.4. The summed E-state index contributed by atoms with van der Waals surface area (Å²) >= 11 is 0. The van der Waals surface area contributed by atoms with E-state index in [1.54, 1.807) is 18.2 Å². The monoisotopic (exact) mass is 695 g/mol. The Bertz CT molecular complexity index is 1650. The van der Waals surface area contributed by atoms with E-state index < -0.39 is 31.3 Å². The maximum absolute atomic E-state index is 13.8. The minimum absolute atomic E-state index is 0.00965. The van der Waals surface area contributed by atoms with Crippen LogP contribution in [-0.2, 0) is 16.0 Å². The molecule has 0 spiro atoms. The third kappa shape index (κ3) is 10.4. The number of carbonyl (C=O) groups excluding carboxylic acids is 1. The Kier molecular flexibility index (Phi) is 11.8. The molecule has 4 bridgehead atoms. The van der Waals surface area contributed by atoms with E-state index >= 15 is 0 Å². The van der Waals surface area contributed by atoms with Gasteiger partial charge in [0.15, 0.2) is 0 Å². The Morgan fingerprint density at radius 2 is 1.76 bits per heavy atom. The molecule has 0 saturated carbocycles. The van der Waals surface area contributed by atoms with Gasteiger partial charge in [-0.05, 0) is 68.6 Å². The second-order valence-corrected chi connectivity index (χ2v) is 12.1. The predicted molar refractivity (Wildman–Crippen MR) is 173 cm³/mol. The molecule has 15 heteroatoms. The molecular formula is C34H39F6N5O4. The topological polar surface area (TPSA) is 89.0 Å². The van der Waals surface area contributed by atoms with E-state index in [1.165, 1.54) is 18.2 Å². The van der Waals surface area contributed by atoms with Crippen LogP contribution < -0.4 is 20.7 Å². The van der Waals surface area contributed by atoms with Crippen molar-refractivity contribution in [2.24, 2.45) is 5.92 Å². The van der Waals surface area contributed by atoms with Crippen LogP contribution in [0.25, 0.3) is 10.9 Å². The molecule has 2 aliphatic rings. The Labute approximate surface area is 280 Å². The summed E-state index contributed by atoms with van der Waals surface area (Å²) in [5, 5.41) is 9.12. The Morgan fingerprint density at radius 1 is 0.980 bits per heavy atom. The smallest absolute Gasteiger partial charge is 0.406 e. The number of amides is 1. The third-order valence-electron chi connectivity index (χ3n) is 8.32. The van der Waals surface area contributed by atoms with Crippen molar-refractivity contribution < 1.29 is 45.3 Å². The molecule has 266 valence electrons. The van der Waals surface area contributed by atoms with Crippen LogP contribution in [0.4, 0.5) is 37.7 Å². The maximum atomic E-state index is 13.8. The fourth-order valence-corrected chi connectivity index (χ4v) is 6.02. The second kappa shape index (κ2) is 16.1. The second-order valence-electron chi connectivity index (χ2n) is 12.1. The first-order chi connectivity index (χ1) is 23.4.